The van der Waals surface area contributed by atoms with Crippen LogP contribution in [0.4, 0.5) is 11.4 Å². The van der Waals surface area contributed by atoms with Gasteiger partial charge in [-0.15, -0.1) is 11.3 Å². The molecule has 0 N–H and O–H groups in total. The van der Waals surface area contributed by atoms with Crippen LogP contribution in [0.15, 0.2) is 88.0 Å². The third kappa shape index (κ3) is 4.10. The second kappa shape index (κ2) is 7.85. The summed E-state index contributed by atoms with van der Waals surface area (Å²) in [6.07, 6.45) is 9.52. The van der Waals surface area contributed by atoms with Crippen LogP contribution in [0.1, 0.15) is 15.3 Å². The van der Waals surface area contributed by atoms with E-state index in [-0.39, 0.29) is 0 Å². The molecule has 0 saturated heterocycles. The molecule has 3 nitrogen and oxygen atoms in total. The summed E-state index contributed by atoms with van der Waals surface area (Å²) in [6, 6.07) is 9.87. The number of nitrogens with zero attached hydrogens (tertiary/aromatic N) is 3. The molecule has 0 spiro atoms. The van der Waals surface area contributed by atoms with Crippen molar-refractivity contribution in [3.63, 3.8) is 0 Å². The van der Waals surface area contributed by atoms with E-state index in [1.165, 1.54) is 0 Å². The predicted molar refractivity (Wildman–Crippen MR) is 116 cm³/mol. The van der Waals surface area contributed by atoms with Gasteiger partial charge in [0.15, 0.2) is 0 Å². The maximum absolute atomic E-state index is 4.70. The topological polar surface area (TPSA) is 37.1 Å². The monoisotopic (exact) mass is 357 g/mol. The number of benzene rings is 1. The molecule has 0 fully saturated rings. The van der Waals surface area contributed by atoms with Gasteiger partial charge in [-0.2, -0.15) is 0 Å². The van der Waals surface area contributed by atoms with Crippen LogP contribution in [0.2, 0.25) is 0 Å². The summed E-state index contributed by atoms with van der Waals surface area (Å²) in [5.41, 5.74) is 5.31. The van der Waals surface area contributed by atoms with Crippen molar-refractivity contribution in [2.24, 2.45) is 15.0 Å². The lowest BCUT2D eigenvalue weighted by atomic mass is 10.0. The first kappa shape index (κ1) is 17.7. The van der Waals surface area contributed by atoms with Gasteiger partial charge in [-0.25, -0.2) is 4.99 Å². The van der Waals surface area contributed by atoms with Crippen molar-refractivity contribution in [3.8, 4) is 0 Å². The minimum absolute atomic E-state index is 0.830. The number of allylic oxidation sites excluding steroid dienone is 4. The normalized spacial score (nSPS) is 15.5. The van der Waals surface area contributed by atoms with E-state index < -0.39 is 0 Å². The first-order valence-electron chi connectivity index (χ1n) is 8.10. The molecule has 0 saturated carbocycles. The van der Waals surface area contributed by atoms with Crippen LogP contribution in [0, 0.1) is 6.92 Å². The molecular formula is C22H19N3S. The van der Waals surface area contributed by atoms with Gasteiger partial charge in [0.2, 0.25) is 0 Å². The van der Waals surface area contributed by atoms with Crippen molar-refractivity contribution in [1.82, 2.24) is 0 Å². The average molecular weight is 357 g/mol. The van der Waals surface area contributed by atoms with Crippen molar-refractivity contribution in [3.05, 3.63) is 88.3 Å². The molecule has 0 aliphatic heterocycles. The van der Waals surface area contributed by atoms with Gasteiger partial charge >= 0.3 is 0 Å². The molecule has 128 valence electrons. The predicted octanol–water partition coefficient (Wildman–Crippen LogP) is 6.23. The molecule has 3 rings (SSSR count). The zero-order valence-corrected chi connectivity index (χ0v) is 15.5. The zero-order valence-electron chi connectivity index (χ0n) is 14.6. The van der Waals surface area contributed by atoms with Gasteiger partial charge in [0.05, 0.1) is 22.8 Å². The SMILES string of the molecule is C=Cc1ccc(C=NC2=CC(=C)/C(=N\c3ccc(N=C)cc3C)C=C2)s1. The summed E-state index contributed by atoms with van der Waals surface area (Å²) < 4.78 is 0. The molecule has 0 amide bonds. The number of aliphatic imine (C=N–C) groups is 3. The highest BCUT2D eigenvalue weighted by Crippen LogP contribution is 2.26. The Morgan fingerprint density at radius 1 is 1.08 bits per heavy atom. The van der Waals surface area contributed by atoms with Crippen molar-refractivity contribution in [1.29, 1.82) is 0 Å². The van der Waals surface area contributed by atoms with Gasteiger partial charge < -0.3 is 0 Å². The summed E-state index contributed by atoms with van der Waals surface area (Å²) in [5.74, 6) is 0. The summed E-state index contributed by atoms with van der Waals surface area (Å²) in [6.45, 7) is 13.4. The lowest BCUT2D eigenvalue weighted by molar-refractivity contribution is 1.36. The smallest absolute Gasteiger partial charge is 0.0704 e. The Morgan fingerprint density at radius 3 is 2.54 bits per heavy atom. The Balaban J connectivity index is 1.77. The number of hydrogen-bond acceptors (Lipinski definition) is 4. The summed E-state index contributed by atoms with van der Waals surface area (Å²) in [7, 11) is 0. The number of aryl methyl sites for hydroxylation is 1. The number of rotatable bonds is 5. The van der Waals surface area contributed by atoms with Gasteiger partial charge in [0.25, 0.3) is 0 Å². The third-order valence-electron chi connectivity index (χ3n) is 3.86. The third-order valence-corrected chi connectivity index (χ3v) is 4.87. The highest BCUT2D eigenvalue weighted by Gasteiger charge is 2.08. The Kier molecular flexibility index (Phi) is 5.34. The van der Waals surface area contributed by atoms with E-state index in [2.05, 4.69) is 29.9 Å². The van der Waals surface area contributed by atoms with Crippen LogP contribution < -0.4 is 0 Å². The maximum Gasteiger partial charge on any atom is 0.0704 e. The van der Waals surface area contributed by atoms with Gasteiger partial charge in [-0.05, 0) is 73.3 Å². The van der Waals surface area contributed by atoms with Gasteiger partial charge in [0, 0.05) is 16.0 Å². The van der Waals surface area contributed by atoms with Crippen LogP contribution in [-0.4, -0.2) is 18.6 Å². The van der Waals surface area contributed by atoms with Crippen molar-refractivity contribution in [2.75, 3.05) is 0 Å². The van der Waals surface area contributed by atoms with Gasteiger partial charge in [0.1, 0.15) is 0 Å². The molecule has 1 aromatic heterocycles. The Hall–Kier alpha value is -3.11. The van der Waals surface area contributed by atoms with Gasteiger partial charge in [-0.1, -0.05) is 19.2 Å². The minimum Gasteiger partial charge on any atom is -0.265 e. The van der Waals surface area contributed by atoms with Crippen LogP contribution in [0.5, 0.6) is 0 Å². The van der Waals surface area contributed by atoms with Crippen molar-refractivity contribution in [2.45, 2.75) is 6.92 Å². The standard InChI is InChI=1S/C22H19N3S/c1-5-19-8-9-20(26-19)14-24-18-7-11-22(16(3)13-18)25-21-10-6-17(23-4)12-15(21)2/h5-14H,1,3-4H2,2H3/b24-14?,25-22-. The Labute approximate surface area is 157 Å². The first-order chi connectivity index (χ1) is 12.6. The van der Waals surface area contributed by atoms with E-state index in [0.717, 1.165) is 43.7 Å². The molecular weight excluding hydrogens is 338 g/mol. The van der Waals surface area contributed by atoms with Crippen molar-refractivity contribution >= 4 is 47.4 Å². The number of thiophene rings is 1. The van der Waals surface area contributed by atoms with Crippen LogP contribution >= 0.6 is 11.3 Å². The molecule has 0 atom stereocenters. The second-order valence-electron chi connectivity index (χ2n) is 5.76. The molecule has 0 unspecified atom stereocenters. The molecule has 4 heteroatoms. The largest absolute Gasteiger partial charge is 0.265 e. The highest BCUT2D eigenvalue weighted by molar-refractivity contribution is 7.14. The van der Waals surface area contributed by atoms with Crippen LogP contribution in [-0.2, 0) is 0 Å². The summed E-state index contributed by atoms with van der Waals surface area (Å²) in [5, 5.41) is 0. The fourth-order valence-electron chi connectivity index (χ4n) is 2.44. The molecule has 1 heterocycles. The molecule has 1 aliphatic carbocycles. The molecule has 26 heavy (non-hydrogen) atoms. The molecule has 0 radical (unpaired) electrons. The van der Waals surface area contributed by atoms with Gasteiger partial charge in [-0.3, -0.25) is 9.98 Å². The molecule has 1 aromatic carbocycles. The van der Waals surface area contributed by atoms with Crippen molar-refractivity contribution < 1.29 is 0 Å². The molecule has 0 bridgehead atoms. The fraction of sp³-hybridized carbons (Fsp3) is 0.0455. The second-order valence-corrected chi connectivity index (χ2v) is 6.90. The lowest BCUT2D eigenvalue weighted by Gasteiger charge is -2.09. The summed E-state index contributed by atoms with van der Waals surface area (Å²) in [4.78, 5) is 15.4. The fourth-order valence-corrected chi connectivity index (χ4v) is 3.17. The van der Waals surface area contributed by atoms with E-state index >= 15 is 0 Å². The summed E-state index contributed by atoms with van der Waals surface area (Å²) >= 11 is 1.65. The first-order valence-corrected chi connectivity index (χ1v) is 8.92. The zero-order chi connectivity index (χ0) is 18.5. The Bertz CT molecular complexity index is 1000. The van der Waals surface area contributed by atoms with Crippen LogP contribution in [0.3, 0.4) is 0 Å². The molecule has 2 aromatic rings. The average Bonchev–Trinajstić information content (AvgIpc) is 3.11. The maximum atomic E-state index is 4.70. The van der Waals surface area contributed by atoms with Crippen LogP contribution in [0.25, 0.3) is 6.08 Å². The van der Waals surface area contributed by atoms with E-state index in [9.17, 15) is 0 Å². The molecule has 1 aliphatic rings. The van der Waals surface area contributed by atoms with E-state index in [4.69, 9.17) is 4.99 Å². The quantitative estimate of drug-likeness (QED) is 0.569. The highest BCUT2D eigenvalue weighted by atomic mass is 32.1. The van der Waals surface area contributed by atoms with E-state index in [0.29, 0.717) is 0 Å². The van der Waals surface area contributed by atoms with E-state index in [1.54, 1.807) is 11.3 Å². The minimum atomic E-state index is 0.830. The Morgan fingerprint density at radius 2 is 1.88 bits per heavy atom. The van der Waals surface area contributed by atoms with E-state index in [1.807, 2.05) is 67.8 Å². The lowest BCUT2D eigenvalue weighted by Crippen LogP contribution is -2.01. The number of hydrogen-bond donors (Lipinski definition) is 0.